The van der Waals surface area contributed by atoms with Crippen LogP contribution in [0, 0.1) is 0 Å². The topological polar surface area (TPSA) is 42.8 Å². The van der Waals surface area contributed by atoms with Crippen molar-refractivity contribution in [2.45, 2.75) is 18.6 Å². The van der Waals surface area contributed by atoms with E-state index < -0.39 is 0 Å². The van der Waals surface area contributed by atoms with Gasteiger partial charge in [0.25, 0.3) is 0 Å². The summed E-state index contributed by atoms with van der Waals surface area (Å²) in [6.45, 7) is 0. The third-order valence-corrected chi connectivity index (χ3v) is 1.57. The molecule has 2 atom stereocenters. The first-order chi connectivity index (χ1) is 4.97. The van der Waals surface area contributed by atoms with Gasteiger partial charge in [-0.05, 0) is 6.08 Å². The highest BCUT2D eigenvalue weighted by Gasteiger charge is 2.25. The Morgan fingerprint density at radius 3 is 3.20 bits per heavy atom. The Bertz CT molecular complexity index is 171. The molecule has 0 spiro atoms. The van der Waals surface area contributed by atoms with Gasteiger partial charge in [0.2, 0.25) is 0 Å². The normalized spacial score (nSPS) is 36.0. The SMILES string of the molecule is C1=CC(C2CC=NO2)NO1. The van der Waals surface area contributed by atoms with E-state index in [2.05, 4.69) is 10.6 Å². The summed E-state index contributed by atoms with van der Waals surface area (Å²) in [5.74, 6) is 0. The highest BCUT2D eigenvalue weighted by Crippen LogP contribution is 2.13. The number of rotatable bonds is 1. The summed E-state index contributed by atoms with van der Waals surface area (Å²) >= 11 is 0. The molecule has 0 aromatic rings. The van der Waals surface area contributed by atoms with E-state index in [0.29, 0.717) is 0 Å². The Morgan fingerprint density at radius 1 is 1.60 bits per heavy atom. The monoisotopic (exact) mass is 140 g/mol. The van der Waals surface area contributed by atoms with Crippen LogP contribution in [0.15, 0.2) is 17.5 Å². The van der Waals surface area contributed by atoms with Crippen LogP contribution < -0.4 is 5.48 Å². The van der Waals surface area contributed by atoms with Crippen molar-refractivity contribution in [3.8, 4) is 0 Å². The van der Waals surface area contributed by atoms with E-state index in [0.717, 1.165) is 6.42 Å². The molecule has 2 aliphatic rings. The molecule has 0 aliphatic carbocycles. The van der Waals surface area contributed by atoms with Gasteiger partial charge in [0.1, 0.15) is 12.3 Å². The van der Waals surface area contributed by atoms with Gasteiger partial charge in [-0.3, -0.25) is 0 Å². The molecule has 54 valence electrons. The summed E-state index contributed by atoms with van der Waals surface area (Å²) < 4.78 is 0. The molecule has 0 aromatic carbocycles. The zero-order valence-electron chi connectivity index (χ0n) is 5.36. The Balaban J connectivity index is 1.93. The molecule has 2 aliphatic heterocycles. The smallest absolute Gasteiger partial charge is 0.154 e. The van der Waals surface area contributed by atoms with Crippen LogP contribution in [0.3, 0.4) is 0 Å². The molecule has 0 fully saturated rings. The Morgan fingerprint density at radius 2 is 2.60 bits per heavy atom. The average Bonchev–Trinajstić information content (AvgIpc) is 2.59. The molecular formula is C6H8N2O2. The third-order valence-electron chi connectivity index (χ3n) is 1.57. The fourth-order valence-electron chi connectivity index (χ4n) is 1.00. The van der Waals surface area contributed by atoms with Gasteiger partial charge in [-0.25, -0.2) is 0 Å². The summed E-state index contributed by atoms with van der Waals surface area (Å²) in [7, 11) is 0. The molecule has 0 bridgehead atoms. The number of hydrogen-bond donors (Lipinski definition) is 1. The van der Waals surface area contributed by atoms with Crippen LogP contribution >= 0.6 is 0 Å². The maximum absolute atomic E-state index is 5.01. The third kappa shape index (κ3) is 0.863. The molecule has 0 saturated heterocycles. The van der Waals surface area contributed by atoms with Crippen LogP contribution in [0.5, 0.6) is 0 Å². The van der Waals surface area contributed by atoms with E-state index in [4.69, 9.17) is 9.68 Å². The summed E-state index contributed by atoms with van der Waals surface area (Å²) in [5.41, 5.74) is 2.78. The lowest BCUT2D eigenvalue weighted by Gasteiger charge is -2.12. The highest BCUT2D eigenvalue weighted by molar-refractivity contribution is 5.58. The summed E-state index contributed by atoms with van der Waals surface area (Å²) in [6, 6.07) is 0.155. The van der Waals surface area contributed by atoms with E-state index in [9.17, 15) is 0 Å². The van der Waals surface area contributed by atoms with Crippen molar-refractivity contribution in [2.75, 3.05) is 0 Å². The maximum atomic E-state index is 5.01. The van der Waals surface area contributed by atoms with E-state index in [1.54, 1.807) is 12.5 Å². The van der Waals surface area contributed by atoms with Gasteiger partial charge in [0, 0.05) is 12.6 Å². The lowest BCUT2D eigenvalue weighted by atomic mass is 10.1. The molecule has 0 amide bonds. The highest BCUT2D eigenvalue weighted by atomic mass is 16.7. The van der Waals surface area contributed by atoms with Gasteiger partial charge < -0.3 is 9.68 Å². The number of nitrogens with zero attached hydrogens (tertiary/aromatic N) is 1. The molecule has 2 rings (SSSR count). The van der Waals surface area contributed by atoms with Crippen LogP contribution in [-0.4, -0.2) is 18.4 Å². The molecule has 0 aromatic heterocycles. The average molecular weight is 140 g/mol. The van der Waals surface area contributed by atoms with Crippen molar-refractivity contribution in [3.05, 3.63) is 12.3 Å². The lowest BCUT2D eigenvalue weighted by Crippen LogP contribution is -2.33. The number of oxime groups is 1. The van der Waals surface area contributed by atoms with Crippen molar-refractivity contribution in [2.24, 2.45) is 5.16 Å². The van der Waals surface area contributed by atoms with Gasteiger partial charge in [-0.1, -0.05) is 5.16 Å². The Kier molecular flexibility index (Phi) is 1.32. The van der Waals surface area contributed by atoms with Crippen LogP contribution in [0.1, 0.15) is 6.42 Å². The fourth-order valence-corrected chi connectivity index (χ4v) is 1.00. The summed E-state index contributed by atoms with van der Waals surface area (Å²) in [4.78, 5) is 9.82. The number of hydrogen-bond acceptors (Lipinski definition) is 4. The molecule has 4 nitrogen and oxygen atoms in total. The van der Waals surface area contributed by atoms with Gasteiger partial charge in [0.05, 0.1) is 0 Å². The molecule has 2 unspecified atom stereocenters. The van der Waals surface area contributed by atoms with Crippen molar-refractivity contribution in [1.29, 1.82) is 0 Å². The minimum absolute atomic E-state index is 0.110. The predicted molar refractivity (Wildman–Crippen MR) is 35.1 cm³/mol. The first kappa shape index (κ1) is 5.73. The van der Waals surface area contributed by atoms with Crippen LogP contribution in [0.2, 0.25) is 0 Å². The second-order valence-corrected chi connectivity index (χ2v) is 2.26. The maximum Gasteiger partial charge on any atom is 0.154 e. The Labute approximate surface area is 58.4 Å². The predicted octanol–water partition coefficient (Wildman–Crippen LogP) is 0.178. The van der Waals surface area contributed by atoms with Crippen molar-refractivity contribution in [1.82, 2.24) is 5.48 Å². The second-order valence-electron chi connectivity index (χ2n) is 2.26. The van der Waals surface area contributed by atoms with Gasteiger partial charge >= 0.3 is 0 Å². The largest absolute Gasteiger partial charge is 0.416 e. The Hall–Kier alpha value is -1.03. The van der Waals surface area contributed by atoms with Crippen molar-refractivity contribution < 1.29 is 9.68 Å². The van der Waals surface area contributed by atoms with Crippen molar-refractivity contribution >= 4 is 6.21 Å². The zero-order chi connectivity index (χ0) is 6.81. The first-order valence-electron chi connectivity index (χ1n) is 3.22. The minimum atomic E-state index is 0.110. The lowest BCUT2D eigenvalue weighted by molar-refractivity contribution is 0.0302. The van der Waals surface area contributed by atoms with Gasteiger partial charge in [-0.2, -0.15) is 0 Å². The van der Waals surface area contributed by atoms with E-state index in [1.165, 1.54) is 0 Å². The van der Waals surface area contributed by atoms with Gasteiger partial charge in [-0.15, -0.1) is 5.48 Å². The van der Waals surface area contributed by atoms with E-state index in [-0.39, 0.29) is 12.1 Å². The molecule has 10 heavy (non-hydrogen) atoms. The summed E-state index contributed by atoms with van der Waals surface area (Å²) in [5, 5.41) is 3.65. The molecule has 0 saturated carbocycles. The minimum Gasteiger partial charge on any atom is -0.416 e. The molecule has 4 heteroatoms. The van der Waals surface area contributed by atoms with Gasteiger partial charge in [0.15, 0.2) is 6.10 Å². The quantitative estimate of drug-likeness (QED) is 0.565. The van der Waals surface area contributed by atoms with Crippen molar-refractivity contribution in [3.63, 3.8) is 0 Å². The van der Waals surface area contributed by atoms with Crippen LogP contribution in [-0.2, 0) is 9.68 Å². The first-order valence-corrected chi connectivity index (χ1v) is 3.22. The van der Waals surface area contributed by atoms with E-state index >= 15 is 0 Å². The molecule has 1 N–H and O–H groups in total. The fraction of sp³-hybridized carbons (Fsp3) is 0.500. The van der Waals surface area contributed by atoms with Crippen LogP contribution in [0.4, 0.5) is 0 Å². The van der Waals surface area contributed by atoms with E-state index in [1.807, 2.05) is 6.08 Å². The molecule has 2 heterocycles. The molecule has 0 radical (unpaired) electrons. The second kappa shape index (κ2) is 2.30. The molecular weight excluding hydrogens is 132 g/mol. The number of hydroxylamine groups is 1. The zero-order valence-corrected chi connectivity index (χ0v) is 5.36. The van der Waals surface area contributed by atoms with Crippen LogP contribution in [0.25, 0.3) is 0 Å². The number of nitrogens with one attached hydrogen (secondary N) is 1. The standard InChI is InChI=1S/C6H8N2O2/c1-3-7-10-6(1)5-2-4-9-8-5/h2-6,8H,1H2. The summed E-state index contributed by atoms with van der Waals surface area (Å²) in [6.07, 6.45) is 6.26.